The predicted octanol–water partition coefficient (Wildman–Crippen LogP) is 4.76. The maximum absolute atomic E-state index is 8.78. The van der Waals surface area contributed by atoms with Crippen molar-refractivity contribution in [2.45, 2.75) is 13.2 Å². The van der Waals surface area contributed by atoms with E-state index in [-0.39, 0.29) is 6.61 Å². The van der Waals surface area contributed by atoms with Crippen molar-refractivity contribution in [2.24, 2.45) is 0 Å². The first-order valence-corrected chi connectivity index (χ1v) is 9.83. The van der Waals surface area contributed by atoms with Crippen LogP contribution >= 0.6 is 0 Å². The van der Waals surface area contributed by atoms with E-state index in [0.29, 0.717) is 19.8 Å². The van der Waals surface area contributed by atoms with E-state index in [2.05, 4.69) is 11.1 Å². The second-order valence-corrected chi connectivity index (χ2v) is 6.76. The SMILES string of the molecule is OCCOc1ccc(COc2ccc(OCc3ccc4ccccc4n3)cc2)cc1. The van der Waals surface area contributed by atoms with Crippen molar-refractivity contribution in [3.05, 3.63) is 96.2 Å². The van der Waals surface area contributed by atoms with Crippen LogP contribution in [0.25, 0.3) is 10.9 Å². The molecule has 0 unspecified atom stereocenters. The first-order chi connectivity index (χ1) is 14.8. The number of para-hydroxylation sites is 1. The minimum absolute atomic E-state index is 0.00332. The summed E-state index contributed by atoms with van der Waals surface area (Å²) in [6.45, 7) is 1.17. The highest BCUT2D eigenvalue weighted by molar-refractivity contribution is 5.78. The molecule has 0 saturated heterocycles. The lowest BCUT2D eigenvalue weighted by molar-refractivity contribution is 0.201. The molecule has 1 aromatic heterocycles. The van der Waals surface area contributed by atoms with Crippen LogP contribution in [0.2, 0.25) is 0 Å². The molecule has 3 aromatic carbocycles. The fourth-order valence-corrected chi connectivity index (χ4v) is 2.99. The van der Waals surface area contributed by atoms with E-state index in [1.165, 1.54) is 0 Å². The highest BCUT2D eigenvalue weighted by Gasteiger charge is 2.02. The summed E-state index contributed by atoms with van der Waals surface area (Å²) in [6.07, 6.45) is 0. The fraction of sp³-hybridized carbons (Fsp3) is 0.160. The van der Waals surface area contributed by atoms with Crippen LogP contribution in [-0.2, 0) is 13.2 Å². The lowest BCUT2D eigenvalue weighted by Crippen LogP contribution is -2.02. The van der Waals surface area contributed by atoms with Crippen molar-refractivity contribution in [1.82, 2.24) is 4.98 Å². The van der Waals surface area contributed by atoms with Crippen molar-refractivity contribution in [3.8, 4) is 17.2 Å². The molecule has 0 radical (unpaired) electrons. The molecule has 4 rings (SSSR count). The van der Waals surface area contributed by atoms with Gasteiger partial charge in [0.25, 0.3) is 0 Å². The summed E-state index contributed by atoms with van der Waals surface area (Å²) in [5.41, 5.74) is 2.89. The Morgan fingerprint density at radius 3 is 2.00 bits per heavy atom. The van der Waals surface area contributed by atoms with Gasteiger partial charge in [-0.3, -0.25) is 0 Å². The van der Waals surface area contributed by atoms with Crippen LogP contribution in [0.4, 0.5) is 0 Å². The van der Waals surface area contributed by atoms with E-state index in [0.717, 1.165) is 39.4 Å². The third-order valence-corrected chi connectivity index (χ3v) is 4.56. The highest BCUT2D eigenvalue weighted by Crippen LogP contribution is 2.21. The standard InChI is InChI=1S/C25H23NO4/c27-15-16-28-22-9-5-19(6-10-22)17-29-23-11-13-24(14-12-23)30-18-21-8-7-20-3-1-2-4-25(20)26-21/h1-14,27H,15-18H2. The van der Waals surface area contributed by atoms with Gasteiger partial charge in [-0.05, 0) is 54.1 Å². The quantitative estimate of drug-likeness (QED) is 0.438. The molecule has 0 amide bonds. The molecule has 5 nitrogen and oxygen atoms in total. The first kappa shape index (κ1) is 19.7. The van der Waals surface area contributed by atoms with Crippen LogP contribution in [0.1, 0.15) is 11.3 Å². The molecule has 5 heteroatoms. The number of nitrogens with zero attached hydrogens (tertiary/aromatic N) is 1. The normalized spacial score (nSPS) is 10.7. The minimum Gasteiger partial charge on any atom is -0.491 e. The molecule has 0 bridgehead atoms. The zero-order valence-corrected chi connectivity index (χ0v) is 16.5. The van der Waals surface area contributed by atoms with E-state index in [9.17, 15) is 0 Å². The maximum Gasteiger partial charge on any atom is 0.130 e. The van der Waals surface area contributed by atoms with E-state index < -0.39 is 0 Å². The molecule has 4 aromatic rings. The smallest absolute Gasteiger partial charge is 0.130 e. The number of hydrogen-bond donors (Lipinski definition) is 1. The van der Waals surface area contributed by atoms with Crippen LogP contribution in [-0.4, -0.2) is 23.3 Å². The first-order valence-electron chi connectivity index (χ1n) is 9.83. The maximum atomic E-state index is 8.78. The van der Waals surface area contributed by atoms with E-state index in [4.69, 9.17) is 19.3 Å². The number of hydrogen-bond acceptors (Lipinski definition) is 5. The Bertz CT molecular complexity index is 1080. The van der Waals surface area contributed by atoms with Crippen molar-refractivity contribution in [2.75, 3.05) is 13.2 Å². The topological polar surface area (TPSA) is 60.8 Å². The Morgan fingerprint density at radius 2 is 1.27 bits per heavy atom. The number of aliphatic hydroxyl groups is 1. The third kappa shape index (κ3) is 5.27. The summed E-state index contributed by atoms with van der Waals surface area (Å²) >= 11 is 0. The summed E-state index contributed by atoms with van der Waals surface area (Å²) in [5, 5.41) is 9.91. The van der Waals surface area contributed by atoms with Crippen molar-refractivity contribution in [3.63, 3.8) is 0 Å². The van der Waals surface area contributed by atoms with Gasteiger partial charge in [-0.1, -0.05) is 36.4 Å². The van der Waals surface area contributed by atoms with Gasteiger partial charge in [-0.25, -0.2) is 4.98 Å². The van der Waals surface area contributed by atoms with Gasteiger partial charge in [-0.15, -0.1) is 0 Å². The van der Waals surface area contributed by atoms with Crippen LogP contribution in [0.5, 0.6) is 17.2 Å². The van der Waals surface area contributed by atoms with Crippen molar-refractivity contribution < 1.29 is 19.3 Å². The van der Waals surface area contributed by atoms with Crippen LogP contribution in [0, 0.1) is 0 Å². The highest BCUT2D eigenvalue weighted by atomic mass is 16.5. The van der Waals surface area contributed by atoms with Crippen LogP contribution < -0.4 is 14.2 Å². The number of aliphatic hydroxyl groups excluding tert-OH is 1. The molecule has 0 spiro atoms. The molecule has 0 aliphatic heterocycles. The van der Waals surface area contributed by atoms with Crippen LogP contribution in [0.15, 0.2) is 84.9 Å². The van der Waals surface area contributed by atoms with Gasteiger partial charge in [-0.2, -0.15) is 0 Å². The van der Waals surface area contributed by atoms with Crippen LogP contribution in [0.3, 0.4) is 0 Å². The third-order valence-electron chi connectivity index (χ3n) is 4.56. The van der Waals surface area contributed by atoms with Crippen molar-refractivity contribution in [1.29, 1.82) is 0 Å². The van der Waals surface area contributed by atoms with E-state index >= 15 is 0 Å². The molecule has 0 saturated carbocycles. The molecule has 152 valence electrons. The van der Waals surface area contributed by atoms with Gasteiger partial charge >= 0.3 is 0 Å². The zero-order valence-electron chi connectivity index (χ0n) is 16.5. The summed E-state index contributed by atoms with van der Waals surface area (Å²) in [5.74, 6) is 2.27. The average molecular weight is 401 g/mol. The summed E-state index contributed by atoms with van der Waals surface area (Å²) in [4.78, 5) is 4.62. The Labute approximate surface area is 175 Å². The molecule has 0 aliphatic carbocycles. The van der Waals surface area contributed by atoms with Gasteiger partial charge in [0.2, 0.25) is 0 Å². The number of fused-ring (bicyclic) bond motifs is 1. The number of aromatic nitrogens is 1. The summed E-state index contributed by atoms with van der Waals surface area (Å²) in [7, 11) is 0. The van der Waals surface area contributed by atoms with Gasteiger partial charge in [0.05, 0.1) is 17.8 Å². The Kier molecular flexibility index (Phi) is 6.42. The van der Waals surface area contributed by atoms with Gasteiger partial charge in [0.15, 0.2) is 0 Å². The second-order valence-electron chi connectivity index (χ2n) is 6.76. The van der Waals surface area contributed by atoms with Crippen molar-refractivity contribution >= 4 is 10.9 Å². The average Bonchev–Trinajstić information content (AvgIpc) is 2.81. The summed E-state index contributed by atoms with van der Waals surface area (Å²) < 4.78 is 17.0. The fourth-order valence-electron chi connectivity index (χ4n) is 2.99. The molecule has 0 atom stereocenters. The second kappa shape index (κ2) is 9.76. The van der Waals surface area contributed by atoms with Gasteiger partial charge in [0, 0.05) is 5.39 Å². The largest absolute Gasteiger partial charge is 0.491 e. The molecule has 0 aliphatic rings. The molecule has 1 heterocycles. The van der Waals surface area contributed by atoms with E-state index in [1.807, 2.05) is 78.9 Å². The molecule has 1 N–H and O–H groups in total. The van der Waals surface area contributed by atoms with E-state index in [1.54, 1.807) is 0 Å². The molecule has 0 fully saturated rings. The van der Waals surface area contributed by atoms with Gasteiger partial charge < -0.3 is 19.3 Å². The number of pyridine rings is 1. The lowest BCUT2D eigenvalue weighted by atomic mass is 10.2. The Balaban J connectivity index is 1.28. The summed E-state index contributed by atoms with van der Waals surface area (Å²) in [6, 6.07) is 27.3. The molecule has 30 heavy (non-hydrogen) atoms. The Morgan fingerprint density at radius 1 is 0.633 bits per heavy atom. The minimum atomic E-state index is 0.00332. The Hall–Kier alpha value is -3.57. The number of benzene rings is 3. The molecular weight excluding hydrogens is 378 g/mol. The lowest BCUT2D eigenvalue weighted by Gasteiger charge is -2.10. The number of rotatable bonds is 9. The predicted molar refractivity (Wildman–Crippen MR) is 116 cm³/mol. The molecular formula is C25H23NO4. The monoisotopic (exact) mass is 401 g/mol. The zero-order chi connectivity index (χ0) is 20.6. The number of ether oxygens (including phenoxy) is 3. The van der Waals surface area contributed by atoms with Gasteiger partial charge in [0.1, 0.15) is 37.1 Å².